The van der Waals surface area contributed by atoms with Crippen LogP contribution >= 0.6 is 0 Å². The van der Waals surface area contributed by atoms with Gasteiger partial charge in [-0.05, 0) is 36.4 Å². The maximum atomic E-state index is 12.1. The van der Waals surface area contributed by atoms with Gasteiger partial charge in [0.15, 0.2) is 11.5 Å². The number of hydrogen-bond donors (Lipinski definition) is 3. The number of rotatable bonds is 6. The quantitative estimate of drug-likeness (QED) is 0.428. The third-order valence-corrected chi connectivity index (χ3v) is 3.74. The number of nitrogens with one attached hydrogen (secondary N) is 2. The lowest BCUT2D eigenvalue weighted by molar-refractivity contribution is -0.386. The van der Waals surface area contributed by atoms with E-state index in [0.717, 1.165) is 12.1 Å². The molecular formula is C19H15N3O7. The minimum absolute atomic E-state index is 0.0950. The number of nitrogens with zero attached hydrogens (tertiary/aromatic N) is 1. The van der Waals surface area contributed by atoms with Gasteiger partial charge < -0.3 is 14.3 Å². The van der Waals surface area contributed by atoms with Crippen LogP contribution in [0.5, 0.6) is 11.5 Å². The molecule has 3 aromatic rings. The van der Waals surface area contributed by atoms with Crippen molar-refractivity contribution >= 4 is 17.5 Å². The van der Waals surface area contributed by atoms with E-state index in [1.807, 2.05) is 23.6 Å². The largest absolute Gasteiger partial charge is 0.502 e. The maximum absolute atomic E-state index is 12.1. The number of nitro benzene ring substituents is 1. The second-order valence-corrected chi connectivity index (χ2v) is 5.71. The molecule has 0 atom stereocenters. The zero-order valence-corrected chi connectivity index (χ0v) is 14.8. The van der Waals surface area contributed by atoms with E-state index in [1.165, 1.54) is 12.1 Å². The van der Waals surface area contributed by atoms with Gasteiger partial charge in [0.1, 0.15) is 23.7 Å². The predicted octanol–water partition coefficient (Wildman–Crippen LogP) is 2.55. The molecule has 3 rings (SSSR count). The van der Waals surface area contributed by atoms with Crippen molar-refractivity contribution in [3.63, 3.8) is 0 Å². The Morgan fingerprint density at radius 3 is 2.45 bits per heavy atom. The fourth-order valence-corrected chi connectivity index (χ4v) is 2.40. The first-order chi connectivity index (χ1) is 14.0. The SMILES string of the molecule is O=C(NNC(=O)c1cccc(O)c1[N+](=O)[O-])c1ccc(COc2ccccc2)o1. The molecule has 2 aromatic carbocycles. The standard InChI is InChI=1S/C19H15N3O7/c23-15-8-4-7-14(17(15)22(26)27)18(24)20-21-19(25)16-10-9-13(29-16)11-28-12-5-2-1-3-6-12/h1-10,23H,11H2,(H,20,24)(H,21,25). The summed E-state index contributed by atoms with van der Waals surface area (Å²) >= 11 is 0. The molecule has 0 radical (unpaired) electrons. The molecule has 0 unspecified atom stereocenters. The van der Waals surface area contributed by atoms with E-state index in [2.05, 4.69) is 5.43 Å². The van der Waals surface area contributed by atoms with Crippen molar-refractivity contribution in [2.45, 2.75) is 6.61 Å². The lowest BCUT2D eigenvalue weighted by atomic mass is 10.1. The summed E-state index contributed by atoms with van der Waals surface area (Å²) in [4.78, 5) is 34.4. The Morgan fingerprint density at radius 1 is 1.00 bits per heavy atom. The monoisotopic (exact) mass is 397 g/mol. The Hall–Kier alpha value is -4.34. The van der Waals surface area contributed by atoms with Gasteiger partial charge in [0.05, 0.1) is 4.92 Å². The summed E-state index contributed by atoms with van der Waals surface area (Å²) in [6.07, 6.45) is 0. The summed E-state index contributed by atoms with van der Waals surface area (Å²) in [6.45, 7) is 0.0964. The molecule has 0 aliphatic carbocycles. The molecule has 0 saturated heterocycles. The van der Waals surface area contributed by atoms with Gasteiger partial charge in [0, 0.05) is 0 Å². The number of para-hydroxylation sites is 2. The van der Waals surface area contributed by atoms with Crippen LogP contribution in [-0.2, 0) is 6.61 Å². The lowest BCUT2D eigenvalue weighted by Crippen LogP contribution is -2.41. The minimum Gasteiger partial charge on any atom is -0.502 e. The first-order valence-corrected chi connectivity index (χ1v) is 8.29. The Morgan fingerprint density at radius 2 is 1.72 bits per heavy atom. The molecule has 0 fully saturated rings. The zero-order valence-electron chi connectivity index (χ0n) is 14.8. The van der Waals surface area contributed by atoms with Crippen molar-refractivity contribution in [1.29, 1.82) is 0 Å². The van der Waals surface area contributed by atoms with E-state index >= 15 is 0 Å². The highest BCUT2D eigenvalue weighted by atomic mass is 16.6. The number of aromatic hydroxyl groups is 1. The molecule has 0 aliphatic rings. The van der Waals surface area contributed by atoms with Gasteiger partial charge in [0.25, 0.3) is 5.91 Å². The normalized spacial score (nSPS) is 10.2. The average molecular weight is 397 g/mol. The fourth-order valence-electron chi connectivity index (χ4n) is 2.40. The van der Waals surface area contributed by atoms with Crippen molar-refractivity contribution in [1.82, 2.24) is 10.9 Å². The van der Waals surface area contributed by atoms with Gasteiger partial charge in [0.2, 0.25) is 0 Å². The van der Waals surface area contributed by atoms with Gasteiger partial charge in [-0.25, -0.2) is 0 Å². The molecule has 3 N–H and O–H groups in total. The van der Waals surface area contributed by atoms with Crippen LogP contribution < -0.4 is 15.6 Å². The number of phenolic OH excluding ortho intramolecular Hbond substituents is 1. The second-order valence-electron chi connectivity index (χ2n) is 5.71. The van der Waals surface area contributed by atoms with Crippen LogP contribution in [0.15, 0.2) is 65.1 Å². The molecule has 10 nitrogen and oxygen atoms in total. The van der Waals surface area contributed by atoms with Crippen molar-refractivity contribution in [2.75, 3.05) is 0 Å². The highest BCUT2D eigenvalue weighted by Crippen LogP contribution is 2.29. The van der Waals surface area contributed by atoms with E-state index in [9.17, 15) is 24.8 Å². The highest BCUT2D eigenvalue weighted by molar-refractivity contribution is 6.01. The second kappa shape index (κ2) is 8.57. The fraction of sp³-hybridized carbons (Fsp3) is 0.0526. The third kappa shape index (κ3) is 4.69. The zero-order chi connectivity index (χ0) is 20.8. The van der Waals surface area contributed by atoms with E-state index in [4.69, 9.17) is 9.15 Å². The number of hydrazine groups is 1. The van der Waals surface area contributed by atoms with Gasteiger partial charge in [-0.2, -0.15) is 0 Å². The highest BCUT2D eigenvalue weighted by Gasteiger charge is 2.25. The van der Waals surface area contributed by atoms with Crippen molar-refractivity contribution in [3.05, 3.63) is 87.9 Å². The van der Waals surface area contributed by atoms with Crippen LogP contribution in [0.2, 0.25) is 0 Å². The first-order valence-electron chi connectivity index (χ1n) is 8.29. The van der Waals surface area contributed by atoms with E-state index in [1.54, 1.807) is 18.2 Å². The summed E-state index contributed by atoms with van der Waals surface area (Å²) in [5.41, 5.74) is 2.96. The number of amides is 2. The summed E-state index contributed by atoms with van der Waals surface area (Å²) < 4.78 is 10.9. The number of phenols is 1. The molecule has 1 aromatic heterocycles. The number of hydrogen-bond acceptors (Lipinski definition) is 7. The topological polar surface area (TPSA) is 144 Å². The summed E-state index contributed by atoms with van der Waals surface area (Å²) in [7, 11) is 0. The van der Waals surface area contributed by atoms with Gasteiger partial charge in [-0.15, -0.1) is 0 Å². The number of carbonyl (C=O) groups is 2. The van der Waals surface area contributed by atoms with Crippen LogP contribution in [-0.4, -0.2) is 21.8 Å². The molecular weight excluding hydrogens is 382 g/mol. The molecule has 2 amide bonds. The third-order valence-electron chi connectivity index (χ3n) is 3.74. The Kier molecular flexibility index (Phi) is 5.74. The van der Waals surface area contributed by atoms with Crippen LogP contribution in [0.25, 0.3) is 0 Å². The Balaban J connectivity index is 1.59. The molecule has 0 spiro atoms. The Labute approximate surface area is 163 Å². The number of furan rings is 1. The number of benzene rings is 2. The summed E-state index contributed by atoms with van der Waals surface area (Å²) in [6, 6.07) is 15.4. The van der Waals surface area contributed by atoms with Gasteiger partial charge in [-0.3, -0.25) is 30.6 Å². The van der Waals surface area contributed by atoms with Gasteiger partial charge >= 0.3 is 11.6 Å². The molecule has 10 heteroatoms. The summed E-state index contributed by atoms with van der Waals surface area (Å²) in [5.74, 6) is -1.48. The van der Waals surface area contributed by atoms with E-state index in [0.29, 0.717) is 11.5 Å². The molecule has 0 saturated carbocycles. The molecule has 29 heavy (non-hydrogen) atoms. The lowest BCUT2D eigenvalue weighted by Gasteiger charge is -2.07. The number of carbonyl (C=O) groups excluding carboxylic acids is 2. The first kappa shape index (κ1) is 19.4. The van der Waals surface area contributed by atoms with E-state index < -0.39 is 33.7 Å². The Bertz CT molecular complexity index is 1050. The number of nitro groups is 1. The van der Waals surface area contributed by atoms with Crippen LogP contribution in [0.4, 0.5) is 5.69 Å². The molecule has 0 bridgehead atoms. The maximum Gasteiger partial charge on any atom is 0.323 e. The van der Waals surface area contributed by atoms with Gasteiger partial charge in [-0.1, -0.05) is 24.3 Å². The minimum atomic E-state index is -0.972. The van der Waals surface area contributed by atoms with Crippen LogP contribution in [0.1, 0.15) is 26.7 Å². The van der Waals surface area contributed by atoms with Crippen molar-refractivity contribution in [2.24, 2.45) is 0 Å². The average Bonchev–Trinajstić information content (AvgIpc) is 3.19. The molecule has 0 aliphatic heterocycles. The molecule has 148 valence electrons. The van der Waals surface area contributed by atoms with E-state index in [-0.39, 0.29) is 12.4 Å². The van der Waals surface area contributed by atoms with Crippen molar-refractivity contribution in [3.8, 4) is 11.5 Å². The van der Waals surface area contributed by atoms with Crippen LogP contribution in [0, 0.1) is 10.1 Å². The molecule has 1 heterocycles. The van der Waals surface area contributed by atoms with Crippen LogP contribution in [0.3, 0.4) is 0 Å². The van der Waals surface area contributed by atoms with Crippen molar-refractivity contribution < 1.29 is 28.8 Å². The predicted molar refractivity (Wildman–Crippen MR) is 99.2 cm³/mol. The smallest absolute Gasteiger partial charge is 0.323 e. The summed E-state index contributed by atoms with van der Waals surface area (Å²) in [5, 5.41) is 20.6. The number of ether oxygens (including phenoxy) is 1.